The Morgan fingerprint density at radius 2 is 2.19 bits per heavy atom. The van der Waals surface area contributed by atoms with Gasteiger partial charge < -0.3 is 9.64 Å². The van der Waals surface area contributed by atoms with Crippen molar-refractivity contribution < 1.29 is 9.53 Å². The molecule has 21 heavy (non-hydrogen) atoms. The van der Waals surface area contributed by atoms with Gasteiger partial charge in [-0.15, -0.1) is 0 Å². The van der Waals surface area contributed by atoms with Crippen LogP contribution in [-0.4, -0.2) is 37.6 Å². The van der Waals surface area contributed by atoms with Gasteiger partial charge in [-0.1, -0.05) is 26.0 Å². The number of likely N-dealkylation sites (tertiary alicyclic amines) is 1. The number of hydrogen-bond donors (Lipinski definition) is 0. The zero-order valence-electron chi connectivity index (χ0n) is 13.8. The van der Waals surface area contributed by atoms with Gasteiger partial charge in [-0.05, 0) is 49.4 Å². The summed E-state index contributed by atoms with van der Waals surface area (Å²) in [6.07, 6.45) is 5.52. The molecule has 1 amide bonds. The van der Waals surface area contributed by atoms with Crippen LogP contribution in [0.1, 0.15) is 46.0 Å². The van der Waals surface area contributed by atoms with Gasteiger partial charge >= 0.3 is 0 Å². The molecule has 0 spiro atoms. The summed E-state index contributed by atoms with van der Waals surface area (Å²) < 4.78 is 5.29. The van der Waals surface area contributed by atoms with Crippen LogP contribution in [-0.2, 0) is 9.53 Å². The molecule has 3 heteroatoms. The molecule has 0 aromatic heterocycles. The number of carbonyl (C=O) groups is 1. The largest absolute Gasteiger partial charge is 0.384 e. The van der Waals surface area contributed by atoms with Crippen LogP contribution in [0.2, 0.25) is 0 Å². The molecule has 2 saturated carbocycles. The van der Waals surface area contributed by atoms with Crippen LogP contribution in [0.4, 0.5) is 0 Å². The quantitative estimate of drug-likeness (QED) is 0.747. The van der Waals surface area contributed by atoms with Gasteiger partial charge in [0.25, 0.3) is 0 Å². The van der Waals surface area contributed by atoms with Crippen molar-refractivity contribution in [2.75, 3.05) is 26.8 Å². The average Bonchev–Trinajstić information content (AvgIpc) is 2.99. The highest BCUT2D eigenvalue weighted by atomic mass is 16.5. The summed E-state index contributed by atoms with van der Waals surface area (Å²) in [7, 11) is 1.75. The van der Waals surface area contributed by atoms with E-state index in [9.17, 15) is 4.79 Å². The molecule has 2 bridgehead atoms. The standard InChI is InChI=1S/C18H29NO2/c1-13-17(2,3)15-7-8-18(13,10-15)16(20)19-9-5-6-14(11-19)12-21-4/h14-15H,1,5-12H2,2-4H3/t14-,15+,18-/m0/s1. The zero-order chi connectivity index (χ0) is 15.3. The molecule has 1 aliphatic heterocycles. The third kappa shape index (κ3) is 2.16. The lowest BCUT2D eigenvalue weighted by Crippen LogP contribution is -2.48. The van der Waals surface area contributed by atoms with Crippen molar-refractivity contribution in [1.82, 2.24) is 4.90 Å². The summed E-state index contributed by atoms with van der Waals surface area (Å²) in [6.45, 7) is 11.5. The summed E-state index contributed by atoms with van der Waals surface area (Å²) in [6, 6.07) is 0. The Kier molecular flexibility index (Phi) is 3.67. The Morgan fingerprint density at radius 3 is 2.81 bits per heavy atom. The molecule has 0 radical (unpaired) electrons. The van der Waals surface area contributed by atoms with E-state index in [0.717, 1.165) is 39.0 Å². The molecule has 3 nitrogen and oxygen atoms in total. The van der Waals surface area contributed by atoms with Gasteiger partial charge in [0.2, 0.25) is 5.91 Å². The van der Waals surface area contributed by atoms with Crippen molar-refractivity contribution in [3.63, 3.8) is 0 Å². The van der Waals surface area contributed by atoms with Crippen LogP contribution in [0, 0.1) is 22.7 Å². The van der Waals surface area contributed by atoms with Crippen molar-refractivity contribution in [1.29, 1.82) is 0 Å². The Hall–Kier alpha value is -0.830. The number of piperidine rings is 1. The minimum absolute atomic E-state index is 0.135. The Bertz CT molecular complexity index is 454. The fourth-order valence-electron chi connectivity index (χ4n) is 5.05. The van der Waals surface area contributed by atoms with Crippen LogP contribution in [0.15, 0.2) is 12.2 Å². The first-order valence-corrected chi connectivity index (χ1v) is 8.40. The number of carbonyl (C=O) groups excluding carboxylic acids is 1. The van der Waals surface area contributed by atoms with Crippen molar-refractivity contribution in [3.8, 4) is 0 Å². The summed E-state index contributed by atoms with van der Waals surface area (Å²) in [5, 5.41) is 0. The average molecular weight is 291 g/mol. The third-order valence-corrected chi connectivity index (χ3v) is 6.51. The Labute approximate surface area is 128 Å². The molecule has 3 fully saturated rings. The van der Waals surface area contributed by atoms with Gasteiger partial charge in [0.1, 0.15) is 0 Å². The van der Waals surface area contributed by atoms with Gasteiger partial charge in [-0.3, -0.25) is 4.79 Å². The second kappa shape index (κ2) is 5.12. The highest BCUT2D eigenvalue weighted by molar-refractivity contribution is 5.87. The van der Waals surface area contributed by atoms with Crippen LogP contribution in [0.25, 0.3) is 0 Å². The molecular formula is C18H29NO2. The number of ether oxygens (including phenoxy) is 1. The maximum absolute atomic E-state index is 13.3. The van der Waals surface area contributed by atoms with E-state index in [4.69, 9.17) is 4.74 Å². The maximum atomic E-state index is 13.3. The topological polar surface area (TPSA) is 29.5 Å². The highest BCUT2D eigenvalue weighted by Crippen LogP contribution is 2.66. The van der Waals surface area contributed by atoms with E-state index in [1.807, 2.05) is 0 Å². The van der Waals surface area contributed by atoms with Gasteiger partial charge in [0.15, 0.2) is 0 Å². The number of rotatable bonds is 3. The minimum Gasteiger partial charge on any atom is -0.384 e. The van der Waals surface area contributed by atoms with Gasteiger partial charge in [0.05, 0.1) is 12.0 Å². The molecular weight excluding hydrogens is 262 g/mol. The molecule has 0 aromatic carbocycles. The van der Waals surface area contributed by atoms with E-state index in [1.54, 1.807) is 7.11 Å². The zero-order valence-corrected chi connectivity index (χ0v) is 13.8. The number of fused-ring (bicyclic) bond motifs is 2. The lowest BCUT2D eigenvalue weighted by atomic mass is 9.68. The van der Waals surface area contributed by atoms with E-state index in [1.165, 1.54) is 18.4 Å². The van der Waals surface area contributed by atoms with E-state index >= 15 is 0 Å². The first-order chi connectivity index (χ1) is 9.91. The number of hydrogen-bond acceptors (Lipinski definition) is 2. The molecule has 0 N–H and O–H groups in total. The lowest BCUT2D eigenvalue weighted by molar-refractivity contribution is -0.142. The third-order valence-electron chi connectivity index (χ3n) is 6.51. The second-order valence-corrected chi connectivity index (χ2v) is 7.94. The van der Waals surface area contributed by atoms with Gasteiger partial charge in [-0.25, -0.2) is 0 Å². The van der Waals surface area contributed by atoms with Gasteiger partial charge in [0, 0.05) is 20.2 Å². The summed E-state index contributed by atoms with van der Waals surface area (Å²) in [5.74, 6) is 1.51. The fourth-order valence-corrected chi connectivity index (χ4v) is 5.05. The van der Waals surface area contributed by atoms with Crippen molar-refractivity contribution in [2.45, 2.75) is 46.0 Å². The lowest BCUT2D eigenvalue weighted by Gasteiger charge is -2.42. The molecule has 3 atom stereocenters. The fraction of sp³-hybridized carbons (Fsp3) is 0.833. The predicted molar refractivity (Wildman–Crippen MR) is 83.9 cm³/mol. The van der Waals surface area contributed by atoms with Crippen LogP contribution in [0.5, 0.6) is 0 Å². The van der Waals surface area contributed by atoms with Crippen molar-refractivity contribution in [3.05, 3.63) is 12.2 Å². The molecule has 3 aliphatic rings. The number of amides is 1. The normalized spacial score (nSPS) is 38.0. The molecule has 118 valence electrons. The van der Waals surface area contributed by atoms with Crippen LogP contribution in [0.3, 0.4) is 0 Å². The molecule has 1 saturated heterocycles. The number of methoxy groups -OCH3 is 1. The molecule has 3 rings (SSSR count). The maximum Gasteiger partial charge on any atom is 0.232 e. The van der Waals surface area contributed by atoms with Gasteiger partial charge in [-0.2, -0.15) is 0 Å². The molecule has 0 unspecified atom stereocenters. The number of nitrogens with zero attached hydrogens (tertiary/aromatic N) is 1. The van der Waals surface area contributed by atoms with E-state index in [0.29, 0.717) is 17.7 Å². The smallest absolute Gasteiger partial charge is 0.232 e. The van der Waals surface area contributed by atoms with Crippen LogP contribution < -0.4 is 0 Å². The molecule has 0 aromatic rings. The van der Waals surface area contributed by atoms with E-state index in [2.05, 4.69) is 25.3 Å². The first-order valence-electron chi connectivity index (χ1n) is 8.40. The van der Waals surface area contributed by atoms with Crippen molar-refractivity contribution in [2.24, 2.45) is 22.7 Å². The Morgan fingerprint density at radius 1 is 1.43 bits per heavy atom. The van der Waals surface area contributed by atoms with E-state index < -0.39 is 0 Å². The Balaban J connectivity index is 1.78. The summed E-state index contributed by atoms with van der Waals surface area (Å²) >= 11 is 0. The summed E-state index contributed by atoms with van der Waals surface area (Å²) in [4.78, 5) is 15.4. The van der Waals surface area contributed by atoms with Crippen molar-refractivity contribution >= 4 is 5.91 Å². The highest BCUT2D eigenvalue weighted by Gasteiger charge is 2.61. The second-order valence-electron chi connectivity index (χ2n) is 7.94. The monoisotopic (exact) mass is 291 g/mol. The summed E-state index contributed by atoms with van der Waals surface area (Å²) in [5.41, 5.74) is 1.09. The van der Waals surface area contributed by atoms with Crippen LogP contribution >= 0.6 is 0 Å². The molecule has 2 aliphatic carbocycles. The first kappa shape index (κ1) is 15.1. The SMILES string of the molecule is C=C1C(C)(C)[C@@H]2CC[C@]1(C(=O)N1CCC[C@H](COC)C1)C2. The minimum atomic E-state index is -0.247. The van der Waals surface area contributed by atoms with E-state index in [-0.39, 0.29) is 10.8 Å². The molecule has 1 heterocycles. The predicted octanol–water partition coefficient (Wildman–Crippen LogP) is 3.25.